The number of carbonyl (C=O) groups is 1. The number of aromatic nitrogens is 2. The molecule has 5 rings (SSSR count). The summed E-state index contributed by atoms with van der Waals surface area (Å²) in [7, 11) is 0. The number of fused-ring (bicyclic) bond motifs is 2. The molecule has 4 nitrogen and oxygen atoms in total. The largest absolute Gasteiger partial charge is 0.334 e. The van der Waals surface area contributed by atoms with Crippen molar-refractivity contribution in [1.82, 2.24) is 14.9 Å². The summed E-state index contributed by atoms with van der Waals surface area (Å²) >= 11 is 0. The number of hydrogen-bond acceptors (Lipinski definition) is 3. The molecule has 0 saturated carbocycles. The summed E-state index contributed by atoms with van der Waals surface area (Å²) < 4.78 is 0. The fourth-order valence-electron chi connectivity index (χ4n) is 3.86. The van der Waals surface area contributed by atoms with Gasteiger partial charge in [0.2, 0.25) is 0 Å². The standard InChI is InChI=1S/C24H19N3O/c28-24(27-14-11-17-5-1-2-6-19(17)16-27)21-15-23(18-9-12-25-13-10-18)26-22-8-4-3-7-20(21)22/h1-10,12-13,15H,11,14,16H2. The lowest BCUT2D eigenvalue weighted by molar-refractivity contribution is 0.0736. The van der Waals surface area contributed by atoms with Crippen LogP contribution in [0.1, 0.15) is 21.5 Å². The van der Waals surface area contributed by atoms with Crippen LogP contribution in [0.25, 0.3) is 22.2 Å². The zero-order valence-corrected chi connectivity index (χ0v) is 15.4. The van der Waals surface area contributed by atoms with E-state index < -0.39 is 0 Å². The Morgan fingerprint density at radius 1 is 0.893 bits per heavy atom. The summed E-state index contributed by atoms with van der Waals surface area (Å²) in [6, 6.07) is 22.0. The van der Waals surface area contributed by atoms with Gasteiger partial charge in [0.05, 0.1) is 16.8 Å². The van der Waals surface area contributed by atoms with E-state index in [4.69, 9.17) is 4.98 Å². The third-order valence-electron chi connectivity index (χ3n) is 5.34. The van der Waals surface area contributed by atoms with Gasteiger partial charge in [-0.25, -0.2) is 4.98 Å². The van der Waals surface area contributed by atoms with Crippen LogP contribution in [0.2, 0.25) is 0 Å². The zero-order valence-electron chi connectivity index (χ0n) is 15.4. The highest BCUT2D eigenvalue weighted by Crippen LogP contribution is 2.27. The highest BCUT2D eigenvalue weighted by molar-refractivity contribution is 6.07. The minimum absolute atomic E-state index is 0.0587. The van der Waals surface area contributed by atoms with Gasteiger partial charge in [0.15, 0.2) is 0 Å². The fraction of sp³-hybridized carbons (Fsp3) is 0.125. The average molecular weight is 365 g/mol. The molecule has 0 fully saturated rings. The fourth-order valence-corrected chi connectivity index (χ4v) is 3.86. The lowest BCUT2D eigenvalue weighted by Gasteiger charge is -2.29. The van der Waals surface area contributed by atoms with Crippen LogP contribution < -0.4 is 0 Å². The van der Waals surface area contributed by atoms with Crippen molar-refractivity contribution in [3.8, 4) is 11.3 Å². The predicted molar refractivity (Wildman–Crippen MR) is 110 cm³/mol. The van der Waals surface area contributed by atoms with Crippen molar-refractivity contribution in [1.29, 1.82) is 0 Å². The number of nitrogens with zero attached hydrogens (tertiary/aromatic N) is 3. The number of pyridine rings is 2. The monoisotopic (exact) mass is 365 g/mol. The minimum Gasteiger partial charge on any atom is -0.334 e. The second-order valence-corrected chi connectivity index (χ2v) is 7.05. The van der Waals surface area contributed by atoms with E-state index in [2.05, 4.69) is 23.2 Å². The van der Waals surface area contributed by atoms with Crippen molar-refractivity contribution in [2.24, 2.45) is 0 Å². The normalized spacial score (nSPS) is 13.4. The Morgan fingerprint density at radius 2 is 1.64 bits per heavy atom. The van der Waals surface area contributed by atoms with Gasteiger partial charge in [0.25, 0.3) is 5.91 Å². The molecule has 4 heteroatoms. The van der Waals surface area contributed by atoms with Crippen molar-refractivity contribution < 1.29 is 4.79 Å². The van der Waals surface area contributed by atoms with Crippen LogP contribution in [0.4, 0.5) is 0 Å². The minimum atomic E-state index is 0.0587. The quantitative estimate of drug-likeness (QED) is 0.526. The van der Waals surface area contributed by atoms with Gasteiger partial charge in [0, 0.05) is 36.4 Å². The molecule has 0 N–H and O–H groups in total. The van der Waals surface area contributed by atoms with Crippen molar-refractivity contribution in [2.75, 3.05) is 6.54 Å². The smallest absolute Gasteiger partial charge is 0.254 e. The molecule has 4 aromatic rings. The number of carbonyl (C=O) groups excluding carboxylic acids is 1. The van der Waals surface area contributed by atoms with Gasteiger partial charge >= 0.3 is 0 Å². The maximum atomic E-state index is 13.5. The van der Waals surface area contributed by atoms with Crippen LogP contribution in [-0.2, 0) is 13.0 Å². The first-order valence-electron chi connectivity index (χ1n) is 9.46. The first-order valence-corrected chi connectivity index (χ1v) is 9.46. The SMILES string of the molecule is O=C(c1cc(-c2ccncc2)nc2ccccc12)N1CCc2ccccc2C1. The number of hydrogen-bond donors (Lipinski definition) is 0. The lowest BCUT2D eigenvalue weighted by atomic mass is 9.98. The molecule has 1 amide bonds. The van der Waals surface area contributed by atoms with E-state index in [-0.39, 0.29) is 5.91 Å². The highest BCUT2D eigenvalue weighted by atomic mass is 16.2. The third kappa shape index (κ3) is 2.93. The molecule has 28 heavy (non-hydrogen) atoms. The molecule has 0 saturated heterocycles. The molecular weight excluding hydrogens is 346 g/mol. The Labute approximate surface area is 163 Å². The zero-order chi connectivity index (χ0) is 18.9. The van der Waals surface area contributed by atoms with Crippen LogP contribution in [0.15, 0.2) is 79.1 Å². The predicted octanol–water partition coefficient (Wildman–Crippen LogP) is 4.50. The van der Waals surface area contributed by atoms with E-state index in [1.807, 2.05) is 53.4 Å². The van der Waals surface area contributed by atoms with Crippen LogP contribution in [0.5, 0.6) is 0 Å². The highest BCUT2D eigenvalue weighted by Gasteiger charge is 2.23. The van der Waals surface area contributed by atoms with Gasteiger partial charge in [-0.15, -0.1) is 0 Å². The maximum absolute atomic E-state index is 13.5. The third-order valence-corrected chi connectivity index (χ3v) is 5.34. The van der Waals surface area contributed by atoms with Gasteiger partial charge in [-0.1, -0.05) is 42.5 Å². The molecule has 0 radical (unpaired) electrons. The number of para-hydroxylation sites is 1. The second kappa shape index (κ2) is 6.89. The molecule has 0 unspecified atom stereocenters. The van der Waals surface area contributed by atoms with Crippen LogP contribution in [-0.4, -0.2) is 27.3 Å². The number of amides is 1. The van der Waals surface area contributed by atoms with Crippen LogP contribution in [0, 0.1) is 0 Å². The summed E-state index contributed by atoms with van der Waals surface area (Å²) in [5.74, 6) is 0.0587. The van der Waals surface area contributed by atoms with Crippen molar-refractivity contribution in [3.63, 3.8) is 0 Å². The van der Waals surface area contributed by atoms with E-state index in [1.165, 1.54) is 11.1 Å². The van der Waals surface area contributed by atoms with Crippen molar-refractivity contribution >= 4 is 16.8 Å². The van der Waals surface area contributed by atoms with Gasteiger partial charge < -0.3 is 4.90 Å². The summed E-state index contributed by atoms with van der Waals surface area (Å²) in [5.41, 5.74) is 5.86. The Bertz CT molecular complexity index is 1170. The number of benzene rings is 2. The van der Waals surface area contributed by atoms with Crippen molar-refractivity contribution in [2.45, 2.75) is 13.0 Å². The van der Waals surface area contributed by atoms with Gasteiger partial charge in [-0.3, -0.25) is 9.78 Å². The molecule has 0 bridgehead atoms. The summed E-state index contributed by atoms with van der Waals surface area (Å²) in [5, 5.41) is 0.893. The first kappa shape index (κ1) is 16.6. The first-order chi connectivity index (χ1) is 13.8. The molecule has 2 aromatic heterocycles. The molecule has 1 aliphatic rings. The molecular formula is C24H19N3O. The molecule has 2 aromatic carbocycles. The Morgan fingerprint density at radius 3 is 2.50 bits per heavy atom. The van der Waals surface area contributed by atoms with E-state index in [0.29, 0.717) is 12.1 Å². The molecule has 136 valence electrons. The molecule has 0 atom stereocenters. The van der Waals surface area contributed by atoms with E-state index in [1.54, 1.807) is 12.4 Å². The van der Waals surface area contributed by atoms with Gasteiger partial charge in [-0.2, -0.15) is 0 Å². The maximum Gasteiger partial charge on any atom is 0.254 e. The van der Waals surface area contributed by atoms with E-state index in [9.17, 15) is 4.79 Å². The van der Waals surface area contributed by atoms with E-state index in [0.717, 1.165) is 35.1 Å². The summed E-state index contributed by atoms with van der Waals surface area (Å²) in [6.45, 7) is 1.38. The Hall–Kier alpha value is -3.53. The van der Waals surface area contributed by atoms with E-state index >= 15 is 0 Å². The molecule has 0 spiro atoms. The lowest BCUT2D eigenvalue weighted by Crippen LogP contribution is -2.36. The summed E-state index contributed by atoms with van der Waals surface area (Å²) in [4.78, 5) is 24.3. The van der Waals surface area contributed by atoms with Crippen molar-refractivity contribution in [3.05, 3.63) is 95.8 Å². The molecule has 3 heterocycles. The topological polar surface area (TPSA) is 46.1 Å². The summed E-state index contributed by atoms with van der Waals surface area (Å²) in [6.07, 6.45) is 4.38. The van der Waals surface area contributed by atoms with Crippen LogP contribution in [0.3, 0.4) is 0 Å². The number of rotatable bonds is 2. The molecule has 1 aliphatic heterocycles. The Balaban J connectivity index is 1.59. The average Bonchev–Trinajstić information content (AvgIpc) is 2.78. The molecule has 0 aliphatic carbocycles. The van der Waals surface area contributed by atoms with Gasteiger partial charge in [0.1, 0.15) is 0 Å². The second-order valence-electron chi connectivity index (χ2n) is 7.05. The van der Waals surface area contributed by atoms with Gasteiger partial charge in [-0.05, 0) is 41.8 Å². The Kier molecular flexibility index (Phi) is 4.09. The van der Waals surface area contributed by atoms with Crippen LogP contribution >= 0.6 is 0 Å².